The first-order valence-corrected chi connectivity index (χ1v) is 6.01. The van der Waals surface area contributed by atoms with E-state index in [-0.39, 0.29) is 5.69 Å². The van der Waals surface area contributed by atoms with E-state index in [1.165, 1.54) is 18.0 Å². The van der Waals surface area contributed by atoms with Crippen LogP contribution in [0.1, 0.15) is 23.0 Å². The Labute approximate surface area is 111 Å². The fraction of sp³-hybridized carbons (Fsp3) is 0.214. The van der Waals surface area contributed by atoms with Gasteiger partial charge < -0.3 is 10.0 Å². The Morgan fingerprint density at radius 3 is 2.37 bits per heavy atom. The van der Waals surface area contributed by atoms with Crippen LogP contribution in [0.3, 0.4) is 0 Å². The molecule has 2 rings (SSSR count). The predicted molar refractivity (Wildman–Crippen MR) is 72.9 cm³/mol. The Morgan fingerprint density at radius 2 is 1.89 bits per heavy atom. The van der Waals surface area contributed by atoms with Crippen molar-refractivity contribution in [2.75, 3.05) is 11.4 Å². The van der Waals surface area contributed by atoms with Crippen LogP contribution in [0.15, 0.2) is 36.7 Å². The molecule has 0 radical (unpaired) electrons. The molecular weight excluding hydrogens is 242 g/mol. The molecule has 1 aromatic heterocycles. The zero-order valence-corrected chi connectivity index (χ0v) is 10.9. The van der Waals surface area contributed by atoms with Crippen molar-refractivity contribution in [3.8, 4) is 0 Å². The van der Waals surface area contributed by atoms with E-state index < -0.39 is 5.97 Å². The molecule has 0 spiro atoms. The maximum absolute atomic E-state index is 10.7. The van der Waals surface area contributed by atoms with Crippen LogP contribution in [-0.2, 0) is 0 Å². The standard InChI is InChI=1S/C14H15N3O2/c1-3-17(11-6-4-10(2)5-7-11)13-9-15-12(8-16-13)14(18)19/h4-9H,3H2,1-2H3,(H,18,19). The molecule has 0 aliphatic carbocycles. The minimum absolute atomic E-state index is 0.0521. The van der Waals surface area contributed by atoms with Crippen molar-refractivity contribution >= 4 is 17.5 Å². The van der Waals surface area contributed by atoms with Gasteiger partial charge in [-0.05, 0) is 26.0 Å². The number of aromatic carboxylic acids is 1. The van der Waals surface area contributed by atoms with Crippen LogP contribution in [0.5, 0.6) is 0 Å². The lowest BCUT2D eigenvalue weighted by atomic mass is 10.2. The fourth-order valence-corrected chi connectivity index (χ4v) is 1.77. The molecule has 0 saturated heterocycles. The quantitative estimate of drug-likeness (QED) is 0.912. The second kappa shape index (κ2) is 5.48. The molecule has 98 valence electrons. The van der Waals surface area contributed by atoms with Crippen LogP contribution >= 0.6 is 0 Å². The molecule has 0 saturated carbocycles. The normalized spacial score (nSPS) is 10.2. The van der Waals surface area contributed by atoms with E-state index in [9.17, 15) is 4.79 Å². The number of carbonyl (C=O) groups is 1. The lowest BCUT2D eigenvalue weighted by Crippen LogP contribution is -2.18. The van der Waals surface area contributed by atoms with Gasteiger partial charge in [-0.25, -0.2) is 14.8 Å². The SMILES string of the molecule is CCN(c1ccc(C)cc1)c1cnc(C(=O)O)cn1. The first kappa shape index (κ1) is 13.0. The highest BCUT2D eigenvalue weighted by molar-refractivity contribution is 5.85. The van der Waals surface area contributed by atoms with Gasteiger partial charge in [0.15, 0.2) is 11.5 Å². The molecule has 1 heterocycles. The zero-order valence-electron chi connectivity index (χ0n) is 10.9. The van der Waals surface area contributed by atoms with E-state index in [0.29, 0.717) is 5.82 Å². The molecule has 0 fully saturated rings. The molecule has 1 N–H and O–H groups in total. The van der Waals surface area contributed by atoms with Gasteiger partial charge in [0.1, 0.15) is 0 Å². The summed E-state index contributed by atoms with van der Waals surface area (Å²) in [6, 6.07) is 8.06. The topological polar surface area (TPSA) is 66.3 Å². The number of rotatable bonds is 4. The van der Waals surface area contributed by atoms with Crippen LogP contribution in [0.4, 0.5) is 11.5 Å². The lowest BCUT2D eigenvalue weighted by molar-refractivity contribution is 0.0690. The number of carboxylic acids is 1. The van der Waals surface area contributed by atoms with Crippen LogP contribution in [-0.4, -0.2) is 27.6 Å². The molecule has 1 aromatic carbocycles. The average molecular weight is 257 g/mol. The molecule has 0 aliphatic heterocycles. The third-order valence-electron chi connectivity index (χ3n) is 2.80. The summed E-state index contributed by atoms with van der Waals surface area (Å²) in [4.78, 5) is 20.8. The Kier molecular flexibility index (Phi) is 3.75. The number of hydrogen-bond acceptors (Lipinski definition) is 4. The highest BCUT2D eigenvalue weighted by atomic mass is 16.4. The number of hydrogen-bond donors (Lipinski definition) is 1. The molecular formula is C14H15N3O2. The number of aryl methyl sites for hydroxylation is 1. The number of benzene rings is 1. The maximum atomic E-state index is 10.7. The van der Waals surface area contributed by atoms with E-state index in [0.717, 1.165) is 12.2 Å². The van der Waals surface area contributed by atoms with Crippen molar-refractivity contribution in [3.63, 3.8) is 0 Å². The summed E-state index contributed by atoms with van der Waals surface area (Å²) in [5, 5.41) is 8.80. The summed E-state index contributed by atoms with van der Waals surface area (Å²) >= 11 is 0. The third-order valence-corrected chi connectivity index (χ3v) is 2.80. The van der Waals surface area contributed by atoms with Gasteiger partial charge in [-0.1, -0.05) is 17.7 Å². The molecule has 5 heteroatoms. The van der Waals surface area contributed by atoms with E-state index in [1.807, 2.05) is 43.0 Å². The monoisotopic (exact) mass is 257 g/mol. The first-order valence-electron chi connectivity index (χ1n) is 6.01. The van der Waals surface area contributed by atoms with Crippen molar-refractivity contribution in [3.05, 3.63) is 47.9 Å². The molecule has 0 unspecified atom stereocenters. The summed E-state index contributed by atoms with van der Waals surface area (Å²) in [5.41, 5.74) is 2.14. The Morgan fingerprint density at radius 1 is 1.21 bits per heavy atom. The van der Waals surface area contributed by atoms with Gasteiger partial charge >= 0.3 is 5.97 Å². The minimum atomic E-state index is -1.07. The molecule has 0 amide bonds. The van der Waals surface area contributed by atoms with Crippen molar-refractivity contribution < 1.29 is 9.90 Å². The number of anilines is 2. The highest BCUT2D eigenvalue weighted by Crippen LogP contribution is 2.22. The van der Waals surface area contributed by atoms with Gasteiger partial charge in [-0.3, -0.25) is 0 Å². The molecule has 5 nitrogen and oxygen atoms in total. The van der Waals surface area contributed by atoms with Crippen molar-refractivity contribution in [2.45, 2.75) is 13.8 Å². The zero-order chi connectivity index (χ0) is 13.8. The van der Waals surface area contributed by atoms with Crippen LogP contribution < -0.4 is 4.90 Å². The Hall–Kier alpha value is -2.43. The number of aromatic nitrogens is 2. The predicted octanol–water partition coefficient (Wildman–Crippen LogP) is 2.64. The molecule has 0 bridgehead atoms. The van der Waals surface area contributed by atoms with Crippen molar-refractivity contribution in [1.29, 1.82) is 0 Å². The Bertz CT molecular complexity index is 564. The summed E-state index contributed by atoms with van der Waals surface area (Å²) in [5.74, 6) is -0.436. The second-order valence-corrected chi connectivity index (χ2v) is 4.14. The smallest absolute Gasteiger partial charge is 0.356 e. The maximum Gasteiger partial charge on any atom is 0.356 e. The van der Waals surface area contributed by atoms with E-state index in [1.54, 1.807) is 0 Å². The van der Waals surface area contributed by atoms with E-state index in [2.05, 4.69) is 9.97 Å². The molecule has 0 aliphatic rings. The van der Waals surface area contributed by atoms with Gasteiger partial charge in [0.25, 0.3) is 0 Å². The molecule has 0 atom stereocenters. The van der Waals surface area contributed by atoms with E-state index in [4.69, 9.17) is 5.11 Å². The van der Waals surface area contributed by atoms with Gasteiger partial charge in [0, 0.05) is 12.2 Å². The van der Waals surface area contributed by atoms with Gasteiger partial charge in [-0.2, -0.15) is 0 Å². The van der Waals surface area contributed by atoms with E-state index >= 15 is 0 Å². The lowest BCUT2D eigenvalue weighted by Gasteiger charge is -2.21. The highest BCUT2D eigenvalue weighted by Gasteiger charge is 2.11. The Balaban J connectivity index is 2.31. The summed E-state index contributed by atoms with van der Waals surface area (Å²) < 4.78 is 0. The van der Waals surface area contributed by atoms with Crippen LogP contribution in [0.2, 0.25) is 0 Å². The second-order valence-electron chi connectivity index (χ2n) is 4.14. The van der Waals surface area contributed by atoms with Gasteiger partial charge in [0.2, 0.25) is 0 Å². The summed E-state index contributed by atoms with van der Waals surface area (Å²) in [7, 11) is 0. The number of carboxylic acid groups (broad SMARTS) is 1. The summed E-state index contributed by atoms with van der Waals surface area (Å²) in [6.07, 6.45) is 2.75. The largest absolute Gasteiger partial charge is 0.476 e. The average Bonchev–Trinajstić information content (AvgIpc) is 2.42. The molecule has 19 heavy (non-hydrogen) atoms. The van der Waals surface area contributed by atoms with Crippen molar-refractivity contribution in [2.24, 2.45) is 0 Å². The van der Waals surface area contributed by atoms with Crippen molar-refractivity contribution in [1.82, 2.24) is 9.97 Å². The first-order chi connectivity index (χ1) is 9.11. The molecule has 2 aromatic rings. The fourth-order valence-electron chi connectivity index (χ4n) is 1.77. The van der Waals surface area contributed by atoms with Gasteiger partial charge in [-0.15, -0.1) is 0 Å². The van der Waals surface area contributed by atoms with Crippen LogP contribution in [0, 0.1) is 6.92 Å². The third kappa shape index (κ3) is 2.88. The summed E-state index contributed by atoms with van der Waals surface area (Å²) in [6.45, 7) is 4.76. The van der Waals surface area contributed by atoms with Gasteiger partial charge in [0.05, 0.1) is 12.4 Å². The number of nitrogens with zero attached hydrogens (tertiary/aromatic N) is 3. The minimum Gasteiger partial charge on any atom is -0.476 e. The van der Waals surface area contributed by atoms with Crippen LogP contribution in [0.25, 0.3) is 0 Å².